The summed E-state index contributed by atoms with van der Waals surface area (Å²) in [6.45, 7) is 9.78. The van der Waals surface area contributed by atoms with Crippen LogP contribution in [0.15, 0.2) is 42.4 Å². The molecule has 0 atom stereocenters. The van der Waals surface area contributed by atoms with Gasteiger partial charge in [0.1, 0.15) is 5.82 Å². The summed E-state index contributed by atoms with van der Waals surface area (Å²) < 4.78 is 0. The van der Waals surface area contributed by atoms with Gasteiger partial charge in [0.05, 0.1) is 5.88 Å². The van der Waals surface area contributed by atoms with Crippen LogP contribution in [0.5, 0.6) is 0 Å². The quantitative estimate of drug-likeness (QED) is 0.600. The molecule has 0 aliphatic rings. The number of allylic oxidation sites excluding steroid dienone is 3. The molecule has 4 heteroatoms. The van der Waals surface area contributed by atoms with Crippen molar-refractivity contribution in [1.82, 2.24) is 4.98 Å². The smallest absolute Gasteiger partial charge is 0.179 e. The number of Topliss-reactive ketones (excluding diaryl/α,β-unsaturated/α-hetero) is 1. The van der Waals surface area contributed by atoms with E-state index in [2.05, 4.69) is 11.6 Å². The van der Waals surface area contributed by atoms with Gasteiger partial charge in [-0.25, -0.2) is 4.98 Å². The van der Waals surface area contributed by atoms with Crippen molar-refractivity contribution < 1.29 is 4.79 Å². The Bertz CT molecular complexity index is 477. The highest BCUT2D eigenvalue weighted by Gasteiger charge is 2.11. The van der Waals surface area contributed by atoms with Crippen molar-refractivity contribution in [1.29, 1.82) is 0 Å². The third-order valence-corrected chi connectivity index (χ3v) is 2.82. The van der Waals surface area contributed by atoms with Crippen molar-refractivity contribution in [2.24, 2.45) is 0 Å². The molecule has 0 fully saturated rings. The number of carbonyl (C=O) groups is 1. The minimum absolute atomic E-state index is 0.0287. The molecule has 1 rings (SSSR count). The summed E-state index contributed by atoms with van der Waals surface area (Å²) in [5, 5.41) is 0. The van der Waals surface area contributed by atoms with Crippen molar-refractivity contribution in [3.05, 3.63) is 47.9 Å². The van der Waals surface area contributed by atoms with E-state index in [1.807, 2.05) is 31.7 Å². The maximum absolute atomic E-state index is 11.4. The van der Waals surface area contributed by atoms with Crippen molar-refractivity contribution in [3.8, 4) is 0 Å². The van der Waals surface area contributed by atoms with Crippen LogP contribution in [0.2, 0.25) is 0 Å². The van der Waals surface area contributed by atoms with Crippen LogP contribution in [0.3, 0.4) is 0 Å². The molecular formula is C14H17ClN2O. The average molecular weight is 265 g/mol. The lowest BCUT2D eigenvalue weighted by molar-refractivity contribution is 0.102. The zero-order chi connectivity index (χ0) is 13.7. The van der Waals surface area contributed by atoms with E-state index in [1.54, 1.807) is 18.3 Å². The molecule has 1 aromatic rings. The summed E-state index contributed by atoms with van der Waals surface area (Å²) in [6, 6.07) is 3.52. The fourth-order valence-electron chi connectivity index (χ4n) is 1.57. The third-order valence-electron chi connectivity index (χ3n) is 2.57. The molecular weight excluding hydrogens is 248 g/mol. The predicted molar refractivity (Wildman–Crippen MR) is 76.0 cm³/mol. The second kappa shape index (κ2) is 6.36. The highest BCUT2D eigenvalue weighted by molar-refractivity contribution is 6.30. The number of alkyl halides is 1. The average Bonchev–Trinajstić information content (AvgIpc) is 2.38. The van der Waals surface area contributed by atoms with Gasteiger partial charge in [-0.05, 0) is 32.9 Å². The Morgan fingerprint density at radius 3 is 2.56 bits per heavy atom. The molecule has 1 aromatic heterocycles. The maximum atomic E-state index is 11.4. The predicted octanol–water partition coefficient (Wildman–Crippen LogP) is 3.77. The van der Waals surface area contributed by atoms with Gasteiger partial charge in [0.25, 0.3) is 0 Å². The van der Waals surface area contributed by atoms with Crippen molar-refractivity contribution in [2.45, 2.75) is 20.8 Å². The summed E-state index contributed by atoms with van der Waals surface area (Å²) in [7, 11) is 0. The largest absolute Gasteiger partial charge is 0.304 e. The van der Waals surface area contributed by atoms with E-state index in [1.165, 1.54) is 0 Å². The van der Waals surface area contributed by atoms with Crippen LogP contribution in [0, 0.1) is 0 Å². The number of hydrogen-bond acceptors (Lipinski definition) is 3. The lowest BCUT2D eigenvalue weighted by Crippen LogP contribution is -2.19. The number of anilines is 1. The van der Waals surface area contributed by atoms with Crippen molar-refractivity contribution in [2.75, 3.05) is 10.8 Å². The van der Waals surface area contributed by atoms with Crippen molar-refractivity contribution >= 4 is 23.2 Å². The van der Waals surface area contributed by atoms with E-state index in [-0.39, 0.29) is 11.7 Å². The lowest BCUT2D eigenvalue weighted by atomic mass is 10.2. The summed E-state index contributed by atoms with van der Waals surface area (Å²) in [5.74, 6) is 0.587. The van der Waals surface area contributed by atoms with Gasteiger partial charge in [-0.1, -0.05) is 12.7 Å². The Morgan fingerprint density at radius 1 is 1.50 bits per heavy atom. The first-order chi connectivity index (χ1) is 8.51. The standard InChI is InChI=1S/C14H17ClN2O/c1-5-11(4)17(10(2)3)14-7-6-12(9-16-14)13(18)8-15/h5-7,9H,2,8H2,1,3-4H3/b11-5-. The van der Waals surface area contributed by atoms with Crippen LogP contribution in [-0.2, 0) is 0 Å². The second-order valence-corrected chi connectivity index (χ2v) is 4.23. The van der Waals surface area contributed by atoms with Crippen LogP contribution in [-0.4, -0.2) is 16.6 Å². The van der Waals surface area contributed by atoms with E-state index in [0.717, 1.165) is 17.2 Å². The van der Waals surface area contributed by atoms with E-state index >= 15 is 0 Å². The molecule has 0 saturated carbocycles. The summed E-state index contributed by atoms with van der Waals surface area (Å²) >= 11 is 5.50. The van der Waals surface area contributed by atoms with Crippen LogP contribution >= 0.6 is 11.6 Å². The first-order valence-electron chi connectivity index (χ1n) is 5.65. The zero-order valence-corrected chi connectivity index (χ0v) is 11.7. The number of halogens is 1. The molecule has 0 bridgehead atoms. The van der Waals surface area contributed by atoms with E-state index in [4.69, 9.17) is 11.6 Å². The zero-order valence-electron chi connectivity index (χ0n) is 10.9. The van der Waals surface area contributed by atoms with E-state index < -0.39 is 0 Å². The van der Waals surface area contributed by atoms with Gasteiger partial charge in [-0.15, -0.1) is 11.6 Å². The Morgan fingerprint density at radius 2 is 2.17 bits per heavy atom. The minimum Gasteiger partial charge on any atom is -0.304 e. The first kappa shape index (κ1) is 14.5. The van der Waals surface area contributed by atoms with Gasteiger partial charge < -0.3 is 4.90 Å². The maximum Gasteiger partial charge on any atom is 0.179 e. The molecule has 0 N–H and O–H groups in total. The highest BCUT2D eigenvalue weighted by Crippen LogP contribution is 2.21. The number of hydrogen-bond donors (Lipinski definition) is 0. The Hall–Kier alpha value is -1.61. The van der Waals surface area contributed by atoms with E-state index in [0.29, 0.717) is 5.56 Å². The molecule has 0 aliphatic heterocycles. The number of aromatic nitrogens is 1. The Labute approximate surface area is 113 Å². The van der Waals surface area contributed by atoms with Crippen LogP contribution in [0.25, 0.3) is 0 Å². The van der Waals surface area contributed by atoms with Gasteiger partial charge >= 0.3 is 0 Å². The van der Waals surface area contributed by atoms with Crippen molar-refractivity contribution in [3.63, 3.8) is 0 Å². The number of carbonyl (C=O) groups excluding carboxylic acids is 1. The fourth-order valence-corrected chi connectivity index (χ4v) is 1.72. The van der Waals surface area contributed by atoms with Crippen LogP contribution in [0.4, 0.5) is 5.82 Å². The molecule has 18 heavy (non-hydrogen) atoms. The van der Waals surface area contributed by atoms with Gasteiger partial charge in [-0.2, -0.15) is 0 Å². The monoisotopic (exact) mass is 264 g/mol. The number of pyridine rings is 1. The third kappa shape index (κ3) is 3.20. The molecule has 0 aromatic carbocycles. The van der Waals surface area contributed by atoms with Gasteiger partial charge in [0.15, 0.2) is 5.78 Å². The number of ketones is 1. The fraction of sp³-hybridized carbons (Fsp3) is 0.286. The van der Waals surface area contributed by atoms with Gasteiger partial charge in [-0.3, -0.25) is 4.79 Å². The Balaban J connectivity index is 3.09. The van der Waals surface area contributed by atoms with E-state index in [9.17, 15) is 4.79 Å². The summed E-state index contributed by atoms with van der Waals surface area (Å²) in [5.41, 5.74) is 2.43. The molecule has 96 valence electrons. The number of nitrogens with zero attached hydrogens (tertiary/aromatic N) is 2. The molecule has 3 nitrogen and oxygen atoms in total. The topological polar surface area (TPSA) is 33.2 Å². The lowest BCUT2D eigenvalue weighted by Gasteiger charge is -2.24. The van der Waals surface area contributed by atoms with Crippen LogP contribution in [0.1, 0.15) is 31.1 Å². The number of rotatable bonds is 5. The minimum atomic E-state index is -0.125. The summed E-state index contributed by atoms with van der Waals surface area (Å²) in [6.07, 6.45) is 3.52. The summed E-state index contributed by atoms with van der Waals surface area (Å²) in [4.78, 5) is 17.6. The first-order valence-corrected chi connectivity index (χ1v) is 6.18. The molecule has 0 spiro atoms. The molecule has 0 unspecified atom stereocenters. The highest BCUT2D eigenvalue weighted by atomic mass is 35.5. The molecule has 1 heterocycles. The molecule has 0 radical (unpaired) electrons. The normalized spacial score (nSPS) is 11.2. The van der Waals surface area contributed by atoms with Gasteiger partial charge in [0.2, 0.25) is 0 Å². The second-order valence-electron chi connectivity index (χ2n) is 3.96. The molecule has 0 aliphatic carbocycles. The Kier molecular flexibility index (Phi) is 5.10. The van der Waals surface area contributed by atoms with Crippen LogP contribution < -0.4 is 4.90 Å². The SMILES string of the molecule is C=C(C)N(/C(C)=C\C)c1ccc(C(=O)CCl)cn1. The van der Waals surface area contributed by atoms with Gasteiger partial charge in [0, 0.05) is 23.2 Å². The molecule has 0 amide bonds. The molecule has 0 saturated heterocycles.